The van der Waals surface area contributed by atoms with E-state index in [9.17, 15) is 14.9 Å². The molecule has 306 valence electrons. The van der Waals surface area contributed by atoms with E-state index in [1.807, 2.05) is 78.9 Å². The molecule has 0 spiro atoms. The third-order valence-corrected chi connectivity index (χ3v) is 12.0. The molecule has 4 aromatic rings. The second-order valence-corrected chi connectivity index (χ2v) is 16.4. The molecule has 0 bridgehead atoms. The van der Waals surface area contributed by atoms with Crippen LogP contribution in [0.15, 0.2) is 101 Å². The fourth-order valence-corrected chi connectivity index (χ4v) is 8.88. The second-order valence-electron chi connectivity index (χ2n) is 14.9. The van der Waals surface area contributed by atoms with E-state index in [0.717, 1.165) is 16.7 Å². The third kappa shape index (κ3) is 10.4. The molecule has 3 atom stereocenters. The molecule has 1 aromatic heterocycles. The van der Waals surface area contributed by atoms with Crippen LogP contribution in [0, 0.1) is 11.3 Å². The van der Waals surface area contributed by atoms with Gasteiger partial charge in [0, 0.05) is 43.5 Å². The lowest BCUT2D eigenvalue weighted by molar-refractivity contribution is -0.231. The van der Waals surface area contributed by atoms with E-state index in [-0.39, 0.29) is 44.4 Å². The van der Waals surface area contributed by atoms with Gasteiger partial charge in [-0.3, -0.25) is 19.2 Å². The molecule has 1 fully saturated rings. The lowest BCUT2D eigenvalue weighted by Crippen LogP contribution is -2.61. The average Bonchev–Trinajstić information content (AvgIpc) is 3.20. The van der Waals surface area contributed by atoms with Crippen molar-refractivity contribution in [2.45, 2.75) is 83.5 Å². The van der Waals surface area contributed by atoms with Gasteiger partial charge in [0.15, 0.2) is 6.23 Å². The number of ether oxygens (including phenoxy) is 4. The molecule has 0 aliphatic carbocycles. The number of aromatic amines is 1. The summed E-state index contributed by atoms with van der Waals surface area (Å²) in [6.45, 7) is 13.4. The molecular formula is C43H56N5O8P. The Labute approximate surface area is 337 Å². The van der Waals surface area contributed by atoms with Crippen LogP contribution < -0.4 is 20.7 Å². The molecule has 14 heteroatoms. The van der Waals surface area contributed by atoms with Crippen molar-refractivity contribution in [1.82, 2.24) is 19.1 Å². The highest BCUT2D eigenvalue weighted by Crippen LogP contribution is 2.48. The van der Waals surface area contributed by atoms with Gasteiger partial charge in [-0.05, 0) is 82.5 Å². The van der Waals surface area contributed by atoms with E-state index >= 15 is 0 Å². The van der Waals surface area contributed by atoms with Gasteiger partial charge in [0.2, 0.25) is 0 Å². The Hall–Kier alpha value is -4.38. The van der Waals surface area contributed by atoms with Gasteiger partial charge in [0.25, 0.3) is 14.1 Å². The number of nitriles is 1. The Morgan fingerprint density at radius 2 is 1.44 bits per heavy atom. The monoisotopic (exact) mass is 801 g/mol. The fourth-order valence-electron chi connectivity index (χ4n) is 7.19. The van der Waals surface area contributed by atoms with Crippen molar-refractivity contribution in [1.29, 1.82) is 5.26 Å². The van der Waals surface area contributed by atoms with Gasteiger partial charge >= 0.3 is 5.69 Å². The van der Waals surface area contributed by atoms with Crippen molar-refractivity contribution in [3.63, 3.8) is 0 Å². The summed E-state index contributed by atoms with van der Waals surface area (Å²) < 4.78 is 42.5. The van der Waals surface area contributed by atoms with Crippen LogP contribution in [-0.4, -0.2) is 90.0 Å². The largest absolute Gasteiger partial charge is 0.497 e. The van der Waals surface area contributed by atoms with Gasteiger partial charge in [-0.1, -0.05) is 54.6 Å². The molecule has 1 aliphatic heterocycles. The smallest absolute Gasteiger partial charge is 0.330 e. The molecule has 3 aromatic carbocycles. The first kappa shape index (κ1) is 43.7. The quantitative estimate of drug-likeness (QED) is 0.0606. The summed E-state index contributed by atoms with van der Waals surface area (Å²) in [7, 11) is 1.59. The van der Waals surface area contributed by atoms with Crippen LogP contribution in [0.3, 0.4) is 0 Å². The Morgan fingerprint density at radius 1 is 0.860 bits per heavy atom. The van der Waals surface area contributed by atoms with Crippen LogP contribution in [0.2, 0.25) is 0 Å². The standard InChI is InChI=1S/C43H56N5O8P/c1-31(2)46-27-40(47-25-23-39(49)45-41(47)50)56-42(28-46,30-55-57(54-26-12-24-44)48(32(3)4)33(5)6)29-53-43(34-13-10-9-11-14-34,35-15-19-37(51-7)20-16-35)36-17-21-38(52-8)22-18-36/h9-11,13-23,25,31-33,40H,12,26-30H2,1-8H3,(H,45,49,50)/t40-,42-,57?/m1/s1. The number of benzene rings is 3. The van der Waals surface area contributed by atoms with Gasteiger partial charge < -0.3 is 28.0 Å². The van der Waals surface area contributed by atoms with Gasteiger partial charge in [-0.2, -0.15) is 5.26 Å². The van der Waals surface area contributed by atoms with Crippen LogP contribution in [0.1, 0.15) is 70.9 Å². The molecule has 0 saturated carbocycles. The van der Waals surface area contributed by atoms with E-state index in [2.05, 4.69) is 62.2 Å². The van der Waals surface area contributed by atoms with Crippen molar-refractivity contribution in [3.05, 3.63) is 129 Å². The zero-order valence-corrected chi connectivity index (χ0v) is 35.1. The first-order valence-corrected chi connectivity index (χ1v) is 20.4. The molecule has 2 heterocycles. The zero-order chi connectivity index (χ0) is 41.2. The summed E-state index contributed by atoms with van der Waals surface area (Å²) in [5.74, 6) is 1.39. The third-order valence-electron chi connectivity index (χ3n) is 9.99. The molecule has 13 nitrogen and oxygen atoms in total. The molecule has 1 saturated heterocycles. The van der Waals surface area contributed by atoms with Gasteiger partial charge in [-0.25, -0.2) is 9.46 Å². The summed E-state index contributed by atoms with van der Waals surface area (Å²) in [6, 6.07) is 29.3. The van der Waals surface area contributed by atoms with Gasteiger partial charge in [-0.15, -0.1) is 0 Å². The summed E-state index contributed by atoms with van der Waals surface area (Å²) in [6.07, 6.45) is 0.851. The Kier molecular flexibility index (Phi) is 15.2. The molecule has 0 radical (unpaired) electrons. The maximum atomic E-state index is 13.3. The minimum Gasteiger partial charge on any atom is -0.497 e. The number of hydrogen-bond donors (Lipinski definition) is 1. The minimum atomic E-state index is -1.68. The van der Waals surface area contributed by atoms with E-state index < -0.39 is 37.2 Å². The summed E-state index contributed by atoms with van der Waals surface area (Å²) in [5.41, 5.74) is -0.926. The van der Waals surface area contributed by atoms with E-state index in [0.29, 0.717) is 24.6 Å². The number of hydrogen-bond acceptors (Lipinski definition) is 11. The maximum absolute atomic E-state index is 13.3. The van der Waals surface area contributed by atoms with E-state index in [1.165, 1.54) is 16.8 Å². The lowest BCUT2D eigenvalue weighted by Gasteiger charge is -2.49. The highest BCUT2D eigenvalue weighted by molar-refractivity contribution is 7.44. The summed E-state index contributed by atoms with van der Waals surface area (Å²) in [5, 5.41) is 9.37. The molecule has 1 aliphatic rings. The predicted molar refractivity (Wildman–Crippen MR) is 220 cm³/mol. The number of nitrogens with zero attached hydrogens (tertiary/aromatic N) is 4. The van der Waals surface area contributed by atoms with E-state index in [4.69, 9.17) is 28.0 Å². The number of morpholine rings is 1. The number of H-pyrrole nitrogens is 1. The first-order valence-electron chi connectivity index (χ1n) is 19.3. The van der Waals surface area contributed by atoms with Crippen molar-refractivity contribution >= 4 is 8.53 Å². The molecule has 1 N–H and O–H groups in total. The molecule has 1 unspecified atom stereocenters. The normalized spacial score (nSPS) is 18.3. The van der Waals surface area contributed by atoms with Crippen LogP contribution in [-0.2, 0) is 24.1 Å². The van der Waals surface area contributed by atoms with Crippen molar-refractivity contribution in [3.8, 4) is 17.6 Å². The molecule has 5 rings (SSSR count). The van der Waals surface area contributed by atoms with Crippen molar-refractivity contribution in [2.24, 2.45) is 0 Å². The van der Waals surface area contributed by atoms with E-state index in [1.54, 1.807) is 14.2 Å². The van der Waals surface area contributed by atoms with Crippen LogP contribution in [0.5, 0.6) is 11.5 Å². The number of methoxy groups -OCH3 is 2. The first-order chi connectivity index (χ1) is 27.4. The lowest BCUT2D eigenvalue weighted by atomic mass is 9.79. The average molecular weight is 802 g/mol. The SMILES string of the molecule is COc1ccc(C(OC[C@@]2(COP(OCCC#N)N(C(C)C)C(C)C)CN(C(C)C)C[C@H](n3ccc(=O)[nH]c3=O)O2)(c2ccccc2)c2ccc(OC)cc2)cc1. The van der Waals surface area contributed by atoms with Crippen molar-refractivity contribution in [2.75, 3.05) is 47.1 Å². The van der Waals surface area contributed by atoms with Crippen LogP contribution >= 0.6 is 8.53 Å². The number of rotatable bonds is 19. The Balaban J connectivity index is 1.69. The summed E-state index contributed by atoms with van der Waals surface area (Å²) in [4.78, 5) is 30.1. The number of nitrogens with one attached hydrogen (secondary N) is 1. The van der Waals surface area contributed by atoms with Gasteiger partial charge in [0.1, 0.15) is 22.7 Å². The summed E-state index contributed by atoms with van der Waals surface area (Å²) >= 11 is 0. The molecule has 57 heavy (non-hydrogen) atoms. The highest BCUT2D eigenvalue weighted by atomic mass is 31.2. The highest BCUT2D eigenvalue weighted by Gasteiger charge is 2.48. The topological polar surface area (TPSA) is 141 Å². The second kappa shape index (κ2) is 19.9. The Bertz CT molecular complexity index is 1960. The maximum Gasteiger partial charge on any atom is 0.330 e. The fraction of sp³-hybridized carbons (Fsp3) is 0.465. The Morgan fingerprint density at radius 3 is 1.95 bits per heavy atom. The minimum absolute atomic E-state index is 0.00904. The zero-order valence-electron chi connectivity index (χ0n) is 34.2. The van der Waals surface area contributed by atoms with Crippen LogP contribution in [0.4, 0.5) is 0 Å². The number of aromatic nitrogens is 2. The molecule has 0 amide bonds. The van der Waals surface area contributed by atoms with Crippen LogP contribution in [0.25, 0.3) is 0 Å². The van der Waals surface area contributed by atoms with Gasteiger partial charge in [0.05, 0.1) is 46.5 Å². The predicted octanol–water partition coefficient (Wildman–Crippen LogP) is 6.83. The molecular weight excluding hydrogens is 745 g/mol. The van der Waals surface area contributed by atoms with Crippen molar-refractivity contribution < 1.29 is 28.0 Å².